The van der Waals surface area contributed by atoms with Crippen LogP contribution < -0.4 is 14.8 Å². The average molecular weight is 599 g/mol. The Morgan fingerprint density at radius 3 is 2.57 bits per heavy atom. The molecule has 0 spiro atoms. The number of methoxy groups -OCH3 is 1. The normalized spacial score (nSPS) is 14.0. The monoisotopic (exact) mass is 598 g/mol. The van der Waals surface area contributed by atoms with E-state index in [0.717, 1.165) is 38.6 Å². The van der Waals surface area contributed by atoms with Gasteiger partial charge in [0.2, 0.25) is 5.91 Å². The van der Waals surface area contributed by atoms with Crippen LogP contribution in [0.2, 0.25) is 5.02 Å². The molecule has 4 aromatic rings. The number of carbonyl (C=O) groups is 3. The first-order chi connectivity index (χ1) is 20.4. The molecule has 5 rings (SSSR count). The van der Waals surface area contributed by atoms with Crippen LogP contribution in [-0.4, -0.2) is 35.6 Å². The molecule has 3 amide bonds. The summed E-state index contributed by atoms with van der Waals surface area (Å²) in [5, 5.41) is 4.79. The minimum atomic E-state index is -0.537. The van der Waals surface area contributed by atoms with Gasteiger partial charge in [-0.3, -0.25) is 19.3 Å². The van der Waals surface area contributed by atoms with Crippen molar-refractivity contribution in [2.75, 3.05) is 19.0 Å². The third-order valence-corrected chi connectivity index (χ3v) is 7.73. The first-order valence-electron chi connectivity index (χ1n) is 13.1. The lowest BCUT2D eigenvalue weighted by atomic mass is 10.0. The van der Waals surface area contributed by atoms with Gasteiger partial charge in [0.25, 0.3) is 11.1 Å². The molecule has 0 saturated carbocycles. The minimum Gasteiger partial charge on any atom is -0.493 e. The number of hydrogen-bond acceptors (Lipinski definition) is 6. The zero-order valence-electron chi connectivity index (χ0n) is 22.8. The number of thioether (sulfide) groups is 1. The highest BCUT2D eigenvalue weighted by Gasteiger charge is 2.36. The molecule has 1 saturated heterocycles. The molecule has 212 valence electrons. The van der Waals surface area contributed by atoms with Crippen molar-refractivity contribution in [3.8, 4) is 11.5 Å². The molecule has 0 aromatic heterocycles. The topological polar surface area (TPSA) is 84.9 Å². The van der Waals surface area contributed by atoms with Gasteiger partial charge in [-0.15, -0.1) is 6.58 Å². The largest absolute Gasteiger partial charge is 0.493 e. The smallest absolute Gasteiger partial charge is 0.294 e. The van der Waals surface area contributed by atoms with Crippen LogP contribution in [0.25, 0.3) is 16.8 Å². The first kappa shape index (κ1) is 29.0. The number of benzene rings is 4. The van der Waals surface area contributed by atoms with Crippen LogP contribution in [0.5, 0.6) is 11.5 Å². The Morgan fingerprint density at radius 1 is 1.05 bits per heavy atom. The molecule has 1 heterocycles. The van der Waals surface area contributed by atoms with E-state index < -0.39 is 23.6 Å². The molecule has 1 aliphatic heterocycles. The van der Waals surface area contributed by atoms with Gasteiger partial charge in [-0.25, -0.2) is 0 Å². The van der Waals surface area contributed by atoms with Crippen LogP contribution in [0.4, 0.5) is 10.5 Å². The molecule has 4 aromatic carbocycles. The van der Waals surface area contributed by atoms with E-state index in [1.807, 2.05) is 54.6 Å². The number of nitrogens with one attached hydrogen (secondary N) is 1. The predicted octanol–water partition coefficient (Wildman–Crippen LogP) is 7.48. The van der Waals surface area contributed by atoms with Crippen LogP contribution in [0.15, 0.2) is 96.4 Å². The lowest BCUT2D eigenvalue weighted by Gasteiger charge is -2.16. The van der Waals surface area contributed by atoms with Crippen LogP contribution >= 0.6 is 23.4 Å². The summed E-state index contributed by atoms with van der Waals surface area (Å²) in [6.45, 7) is 3.75. The van der Waals surface area contributed by atoms with Crippen molar-refractivity contribution in [3.05, 3.63) is 118 Å². The fourth-order valence-electron chi connectivity index (χ4n) is 4.58. The maximum absolute atomic E-state index is 13.2. The zero-order chi connectivity index (χ0) is 29.6. The van der Waals surface area contributed by atoms with Crippen LogP contribution in [0.1, 0.15) is 16.7 Å². The second kappa shape index (κ2) is 13.0. The van der Waals surface area contributed by atoms with E-state index in [9.17, 15) is 14.4 Å². The SMILES string of the molecule is C=CCc1cc(/C=C2\SC(=O)N(CC(=O)Nc3cccc4ccccc34)C2=O)cc(OC)c1OCc1ccc(Cl)cc1. The van der Waals surface area contributed by atoms with Gasteiger partial charge < -0.3 is 14.8 Å². The van der Waals surface area contributed by atoms with E-state index in [-0.39, 0.29) is 4.91 Å². The third-order valence-electron chi connectivity index (χ3n) is 6.57. The van der Waals surface area contributed by atoms with Gasteiger partial charge in [0.1, 0.15) is 13.2 Å². The summed E-state index contributed by atoms with van der Waals surface area (Å²) in [5.74, 6) is 0.0309. The molecule has 0 atom stereocenters. The molecule has 0 unspecified atom stereocenters. The molecule has 0 radical (unpaired) electrons. The predicted molar refractivity (Wildman–Crippen MR) is 168 cm³/mol. The maximum atomic E-state index is 13.2. The Balaban J connectivity index is 1.33. The number of imide groups is 1. The summed E-state index contributed by atoms with van der Waals surface area (Å²) in [6, 6.07) is 24.2. The molecule has 1 aliphatic rings. The molecule has 1 N–H and O–H groups in total. The van der Waals surface area contributed by atoms with Gasteiger partial charge in [0, 0.05) is 21.7 Å². The lowest BCUT2D eigenvalue weighted by Crippen LogP contribution is -2.36. The van der Waals surface area contributed by atoms with Gasteiger partial charge in [-0.1, -0.05) is 66.2 Å². The van der Waals surface area contributed by atoms with E-state index in [2.05, 4.69) is 11.9 Å². The minimum absolute atomic E-state index is 0.208. The highest BCUT2D eigenvalue weighted by Crippen LogP contribution is 2.37. The van der Waals surface area contributed by atoms with Gasteiger partial charge in [0.05, 0.1) is 12.0 Å². The second-order valence-electron chi connectivity index (χ2n) is 9.46. The Labute approximate surface area is 252 Å². The van der Waals surface area contributed by atoms with Crippen LogP contribution in [-0.2, 0) is 22.6 Å². The molecule has 42 heavy (non-hydrogen) atoms. The Morgan fingerprint density at radius 2 is 1.81 bits per heavy atom. The van der Waals surface area contributed by atoms with E-state index in [1.54, 1.807) is 36.4 Å². The standard InChI is InChI=1S/C33H27ClN2O5S/c1-3-7-24-16-22(17-28(40-2)31(24)41-20-21-12-14-25(34)15-13-21)18-29-32(38)36(33(39)42-29)19-30(37)35-27-11-6-9-23-8-4-5-10-26(23)27/h3-6,8-18H,1,7,19-20H2,2H3,(H,35,37)/b29-18-. The van der Waals surface area contributed by atoms with Crippen molar-refractivity contribution in [3.63, 3.8) is 0 Å². The number of hydrogen-bond donors (Lipinski definition) is 1. The van der Waals surface area contributed by atoms with Crippen molar-refractivity contribution < 1.29 is 23.9 Å². The number of amides is 3. The average Bonchev–Trinajstić information content (AvgIpc) is 3.24. The quantitative estimate of drug-likeness (QED) is 0.150. The highest BCUT2D eigenvalue weighted by molar-refractivity contribution is 8.18. The second-order valence-corrected chi connectivity index (χ2v) is 10.9. The lowest BCUT2D eigenvalue weighted by molar-refractivity contribution is -0.127. The van der Waals surface area contributed by atoms with Crippen molar-refractivity contribution in [1.29, 1.82) is 0 Å². The summed E-state index contributed by atoms with van der Waals surface area (Å²) >= 11 is 6.78. The molecule has 9 heteroatoms. The summed E-state index contributed by atoms with van der Waals surface area (Å²) in [5.41, 5.74) is 3.00. The molecule has 0 bridgehead atoms. The fraction of sp³-hybridized carbons (Fsp3) is 0.121. The van der Waals surface area contributed by atoms with Gasteiger partial charge in [0.15, 0.2) is 11.5 Å². The summed E-state index contributed by atoms with van der Waals surface area (Å²) in [6.07, 6.45) is 3.85. The zero-order valence-corrected chi connectivity index (χ0v) is 24.3. The number of ether oxygens (including phenoxy) is 2. The molecule has 7 nitrogen and oxygen atoms in total. The fourth-order valence-corrected chi connectivity index (χ4v) is 5.55. The summed E-state index contributed by atoms with van der Waals surface area (Å²) in [7, 11) is 1.54. The number of anilines is 1. The van der Waals surface area contributed by atoms with E-state index in [0.29, 0.717) is 40.8 Å². The number of fused-ring (bicyclic) bond motifs is 1. The Bertz CT molecular complexity index is 1710. The number of halogens is 1. The van der Waals surface area contributed by atoms with Crippen molar-refractivity contribution in [1.82, 2.24) is 4.90 Å². The van der Waals surface area contributed by atoms with E-state index >= 15 is 0 Å². The van der Waals surface area contributed by atoms with Gasteiger partial charge in [-0.05, 0) is 71.1 Å². The first-order valence-corrected chi connectivity index (χ1v) is 14.3. The Kier molecular flexibility index (Phi) is 8.95. The van der Waals surface area contributed by atoms with E-state index in [4.69, 9.17) is 21.1 Å². The van der Waals surface area contributed by atoms with Gasteiger partial charge in [-0.2, -0.15) is 0 Å². The number of carbonyl (C=O) groups excluding carboxylic acids is 3. The van der Waals surface area contributed by atoms with Crippen molar-refractivity contribution >= 4 is 63.0 Å². The van der Waals surface area contributed by atoms with Crippen molar-refractivity contribution in [2.45, 2.75) is 13.0 Å². The molecular weight excluding hydrogens is 572 g/mol. The number of nitrogens with zero attached hydrogens (tertiary/aromatic N) is 1. The number of allylic oxidation sites excluding steroid dienone is 1. The maximum Gasteiger partial charge on any atom is 0.294 e. The van der Waals surface area contributed by atoms with E-state index in [1.165, 1.54) is 7.11 Å². The van der Waals surface area contributed by atoms with Crippen molar-refractivity contribution in [2.24, 2.45) is 0 Å². The highest BCUT2D eigenvalue weighted by atomic mass is 35.5. The molecule has 1 fully saturated rings. The Hall–Kier alpha value is -4.53. The number of rotatable bonds is 10. The van der Waals surface area contributed by atoms with Crippen LogP contribution in [0.3, 0.4) is 0 Å². The third kappa shape index (κ3) is 6.51. The van der Waals surface area contributed by atoms with Gasteiger partial charge >= 0.3 is 0 Å². The molecular formula is C33H27ClN2O5S. The summed E-state index contributed by atoms with van der Waals surface area (Å²) in [4.78, 5) is 40.0. The summed E-state index contributed by atoms with van der Waals surface area (Å²) < 4.78 is 11.7. The molecule has 0 aliphatic carbocycles. The van der Waals surface area contributed by atoms with Crippen LogP contribution in [0, 0.1) is 0 Å².